The Hall–Kier alpha value is -2.31. The summed E-state index contributed by atoms with van der Waals surface area (Å²) in [6.45, 7) is 6.08. The van der Waals surface area contributed by atoms with Gasteiger partial charge in [-0.15, -0.1) is 10.2 Å². The number of anilines is 1. The van der Waals surface area contributed by atoms with E-state index >= 15 is 0 Å². The Balaban J connectivity index is 1.81. The van der Waals surface area contributed by atoms with E-state index in [4.69, 9.17) is 11.6 Å². The molecule has 0 aliphatic heterocycles. The van der Waals surface area contributed by atoms with Crippen LogP contribution in [0.3, 0.4) is 0 Å². The lowest BCUT2D eigenvalue weighted by Gasteiger charge is -2.19. The average molecular weight is 415 g/mol. The maximum Gasteiger partial charge on any atom is 0.238 e. The molecular weight excluding hydrogens is 392 g/mol. The summed E-state index contributed by atoms with van der Waals surface area (Å²) in [6.07, 6.45) is 0. The number of nitrogens with zero attached hydrogens (tertiary/aromatic N) is 3. The van der Waals surface area contributed by atoms with Gasteiger partial charge < -0.3 is 9.88 Å². The number of aryl methyl sites for hydroxylation is 1. The van der Waals surface area contributed by atoms with Gasteiger partial charge in [-0.1, -0.05) is 73.1 Å². The molecule has 0 radical (unpaired) electrons. The lowest BCUT2D eigenvalue weighted by Crippen LogP contribution is -2.30. The third-order valence-corrected chi connectivity index (χ3v) is 6.25. The van der Waals surface area contributed by atoms with Crippen molar-refractivity contribution in [3.05, 3.63) is 59.1 Å². The van der Waals surface area contributed by atoms with E-state index in [1.54, 1.807) is 12.1 Å². The third kappa shape index (κ3) is 4.56. The van der Waals surface area contributed by atoms with Crippen LogP contribution in [0.1, 0.15) is 19.4 Å². The number of amides is 1. The molecule has 0 aliphatic carbocycles. The Bertz CT molecular complexity index is 986. The molecule has 5 nitrogen and oxygen atoms in total. The molecule has 0 bridgehead atoms. The molecular formula is C21H23ClN4OS. The summed E-state index contributed by atoms with van der Waals surface area (Å²) in [7, 11) is 1.92. The number of carbonyl (C=O) groups excluding carboxylic acids is 1. The van der Waals surface area contributed by atoms with Crippen LogP contribution in [0.25, 0.3) is 11.4 Å². The molecule has 7 heteroatoms. The van der Waals surface area contributed by atoms with E-state index in [0.717, 1.165) is 17.0 Å². The molecule has 1 atom stereocenters. The van der Waals surface area contributed by atoms with Crippen LogP contribution in [0.2, 0.25) is 5.02 Å². The van der Waals surface area contributed by atoms with Crippen LogP contribution in [0.15, 0.2) is 53.7 Å². The fourth-order valence-corrected chi connectivity index (χ4v) is 4.01. The summed E-state index contributed by atoms with van der Waals surface area (Å²) in [5.74, 6) is 0.778. The molecule has 28 heavy (non-hydrogen) atoms. The molecule has 1 N–H and O–H groups in total. The number of hydrogen-bond acceptors (Lipinski definition) is 4. The van der Waals surface area contributed by atoms with Crippen LogP contribution in [0, 0.1) is 12.8 Å². The van der Waals surface area contributed by atoms with Gasteiger partial charge in [-0.2, -0.15) is 0 Å². The lowest BCUT2D eigenvalue weighted by molar-refractivity contribution is -0.116. The van der Waals surface area contributed by atoms with E-state index in [1.807, 2.05) is 62.7 Å². The number of para-hydroxylation sites is 1. The summed E-state index contributed by atoms with van der Waals surface area (Å²) in [4.78, 5) is 12.9. The number of halogens is 1. The third-order valence-electron chi connectivity index (χ3n) is 4.34. The summed E-state index contributed by atoms with van der Waals surface area (Å²) < 4.78 is 1.93. The quantitative estimate of drug-likeness (QED) is 0.563. The SMILES string of the molecule is Cc1cccc(-c2nnc(SC(C(=O)Nc3ccccc3Cl)C(C)C)n2C)c1. The van der Waals surface area contributed by atoms with Crippen molar-refractivity contribution < 1.29 is 4.79 Å². The van der Waals surface area contributed by atoms with Gasteiger partial charge in [-0.25, -0.2) is 0 Å². The number of thioether (sulfide) groups is 1. The topological polar surface area (TPSA) is 59.8 Å². The molecule has 3 rings (SSSR count). The number of aromatic nitrogens is 3. The highest BCUT2D eigenvalue weighted by atomic mass is 35.5. The predicted octanol–water partition coefficient (Wildman–Crippen LogP) is 5.20. The second-order valence-corrected chi connectivity index (χ2v) is 8.50. The zero-order chi connectivity index (χ0) is 20.3. The summed E-state index contributed by atoms with van der Waals surface area (Å²) in [5, 5.41) is 12.5. The van der Waals surface area contributed by atoms with Crippen LogP contribution in [0.4, 0.5) is 5.69 Å². The molecule has 146 valence electrons. The van der Waals surface area contributed by atoms with E-state index in [-0.39, 0.29) is 17.1 Å². The van der Waals surface area contributed by atoms with Gasteiger partial charge in [0.05, 0.1) is 16.0 Å². The molecule has 0 saturated carbocycles. The first-order valence-corrected chi connectivity index (χ1v) is 10.3. The van der Waals surface area contributed by atoms with Gasteiger partial charge in [0.1, 0.15) is 0 Å². The molecule has 1 heterocycles. The van der Waals surface area contributed by atoms with Crippen LogP contribution in [-0.4, -0.2) is 25.9 Å². The molecule has 2 aromatic carbocycles. The van der Waals surface area contributed by atoms with Crippen molar-refractivity contribution in [3.8, 4) is 11.4 Å². The number of hydrogen-bond donors (Lipinski definition) is 1. The molecule has 1 amide bonds. The molecule has 0 fully saturated rings. The van der Waals surface area contributed by atoms with E-state index in [9.17, 15) is 4.79 Å². The number of carbonyl (C=O) groups is 1. The first-order chi connectivity index (χ1) is 13.4. The van der Waals surface area contributed by atoms with E-state index in [1.165, 1.54) is 11.8 Å². The minimum Gasteiger partial charge on any atom is -0.324 e. The smallest absolute Gasteiger partial charge is 0.238 e. The Morgan fingerprint density at radius 2 is 1.89 bits per heavy atom. The fourth-order valence-electron chi connectivity index (χ4n) is 2.83. The summed E-state index contributed by atoms with van der Waals surface area (Å²) in [6, 6.07) is 15.3. The monoisotopic (exact) mass is 414 g/mol. The van der Waals surface area contributed by atoms with Gasteiger partial charge in [0.2, 0.25) is 5.91 Å². The molecule has 3 aromatic rings. The van der Waals surface area contributed by atoms with Crippen molar-refractivity contribution in [3.63, 3.8) is 0 Å². The largest absolute Gasteiger partial charge is 0.324 e. The van der Waals surface area contributed by atoms with Crippen LogP contribution >= 0.6 is 23.4 Å². The maximum absolute atomic E-state index is 12.9. The highest BCUT2D eigenvalue weighted by Gasteiger charge is 2.27. The second kappa shape index (κ2) is 8.80. The first kappa shape index (κ1) is 20.4. The van der Waals surface area contributed by atoms with Crippen LogP contribution in [-0.2, 0) is 11.8 Å². The second-order valence-electron chi connectivity index (χ2n) is 6.99. The highest BCUT2D eigenvalue weighted by Crippen LogP contribution is 2.31. The minimum absolute atomic E-state index is 0.103. The zero-order valence-corrected chi connectivity index (χ0v) is 17.9. The Morgan fingerprint density at radius 3 is 2.57 bits per heavy atom. The van der Waals surface area contributed by atoms with Crippen molar-refractivity contribution in [2.24, 2.45) is 13.0 Å². The van der Waals surface area contributed by atoms with Crippen molar-refractivity contribution in [2.75, 3.05) is 5.32 Å². The Morgan fingerprint density at radius 1 is 1.14 bits per heavy atom. The van der Waals surface area contributed by atoms with Gasteiger partial charge in [0.15, 0.2) is 11.0 Å². The van der Waals surface area contributed by atoms with Gasteiger partial charge in [0, 0.05) is 12.6 Å². The Kier molecular flexibility index (Phi) is 6.42. The number of rotatable bonds is 6. The molecule has 0 saturated heterocycles. The van der Waals surface area contributed by atoms with Crippen molar-refractivity contribution in [1.82, 2.24) is 14.8 Å². The predicted molar refractivity (Wildman–Crippen MR) is 116 cm³/mol. The average Bonchev–Trinajstić information content (AvgIpc) is 3.01. The highest BCUT2D eigenvalue weighted by molar-refractivity contribution is 8.00. The minimum atomic E-state index is -0.329. The molecule has 0 aliphatic rings. The van der Waals surface area contributed by atoms with Gasteiger partial charge in [-0.05, 0) is 31.0 Å². The molecule has 1 aromatic heterocycles. The Labute approximate surface area is 174 Å². The molecule has 0 spiro atoms. The van der Waals surface area contributed by atoms with Gasteiger partial charge in [-0.3, -0.25) is 4.79 Å². The molecule has 1 unspecified atom stereocenters. The van der Waals surface area contributed by atoms with Crippen molar-refractivity contribution in [2.45, 2.75) is 31.2 Å². The number of nitrogens with one attached hydrogen (secondary N) is 1. The fraction of sp³-hybridized carbons (Fsp3) is 0.286. The lowest BCUT2D eigenvalue weighted by atomic mass is 10.1. The van der Waals surface area contributed by atoms with E-state index in [2.05, 4.69) is 21.6 Å². The van der Waals surface area contributed by atoms with Crippen LogP contribution < -0.4 is 5.32 Å². The van der Waals surface area contributed by atoms with Gasteiger partial charge in [0.25, 0.3) is 0 Å². The number of benzene rings is 2. The summed E-state index contributed by atoms with van der Waals surface area (Å²) >= 11 is 7.58. The first-order valence-electron chi connectivity index (χ1n) is 9.05. The summed E-state index contributed by atoms with van der Waals surface area (Å²) in [5.41, 5.74) is 2.77. The maximum atomic E-state index is 12.9. The van der Waals surface area contributed by atoms with Gasteiger partial charge >= 0.3 is 0 Å². The van der Waals surface area contributed by atoms with E-state index < -0.39 is 0 Å². The normalized spacial score (nSPS) is 12.2. The van der Waals surface area contributed by atoms with E-state index in [0.29, 0.717) is 15.9 Å². The standard InChI is InChI=1S/C21H23ClN4OS/c1-13(2)18(20(27)23-17-11-6-5-10-16(17)22)28-21-25-24-19(26(21)4)15-9-7-8-14(3)12-15/h5-13,18H,1-4H3,(H,23,27). The zero-order valence-electron chi connectivity index (χ0n) is 16.3. The van der Waals surface area contributed by atoms with Crippen LogP contribution in [0.5, 0.6) is 0 Å². The van der Waals surface area contributed by atoms with Crippen molar-refractivity contribution >= 4 is 35.0 Å². The van der Waals surface area contributed by atoms with Crippen molar-refractivity contribution in [1.29, 1.82) is 0 Å².